The number of carbonyl (C=O) groups excluding carboxylic acids is 1. The van der Waals surface area contributed by atoms with Gasteiger partial charge in [-0.2, -0.15) is 0 Å². The van der Waals surface area contributed by atoms with Crippen molar-refractivity contribution in [2.45, 2.75) is 45.7 Å². The van der Waals surface area contributed by atoms with Gasteiger partial charge in [0.25, 0.3) is 5.91 Å². The highest BCUT2D eigenvalue weighted by molar-refractivity contribution is 7.13. The molecule has 1 atom stereocenters. The molecule has 0 saturated carbocycles. The van der Waals surface area contributed by atoms with Gasteiger partial charge in [0.2, 0.25) is 0 Å². The number of aromatic nitrogens is 1. The lowest BCUT2D eigenvalue weighted by Crippen LogP contribution is -2.41. The lowest BCUT2D eigenvalue weighted by atomic mass is 9.96. The Morgan fingerprint density at radius 1 is 1.45 bits per heavy atom. The highest BCUT2D eigenvalue weighted by Gasteiger charge is 2.22. The molecule has 0 bridgehead atoms. The van der Waals surface area contributed by atoms with Crippen LogP contribution in [0, 0.1) is 5.92 Å². The number of rotatable bonds is 6. The van der Waals surface area contributed by atoms with E-state index in [0.29, 0.717) is 16.8 Å². The number of hydrogen-bond acceptors (Lipinski definition) is 6. The van der Waals surface area contributed by atoms with Crippen LogP contribution in [-0.4, -0.2) is 46.7 Å². The average Bonchev–Trinajstić information content (AvgIpc) is 3.02. The Bertz CT molecular complexity index is 484. The minimum atomic E-state index is -0.503. The van der Waals surface area contributed by atoms with Crippen molar-refractivity contribution in [1.82, 2.24) is 20.7 Å². The standard InChI is InChI=1S/C15H26N4O2S/c1-10(2)19-6-4-12(5-7-19)8-16-11(3)15-17-9-13(22-15)14(20)18-21/h9-12,16,21H,4-8H2,1-3H3,(H,18,20)/t11-/m0/s1. The van der Waals surface area contributed by atoms with Crippen molar-refractivity contribution in [3.8, 4) is 0 Å². The molecule has 7 heteroatoms. The molecule has 1 aliphatic heterocycles. The van der Waals surface area contributed by atoms with Crippen molar-refractivity contribution >= 4 is 17.2 Å². The molecule has 0 spiro atoms. The molecule has 1 fully saturated rings. The molecule has 3 N–H and O–H groups in total. The Hall–Kier alpha value is -1.02. The summed E-state index contributed by atoms with van der Waals surface area (Å²) in [6, 6.07) is 0.757. The zero-order valence-corrected chi connectivity index (χ0v) is 14.3. The normalized spacial score (nSPS) is 18.6. The van der Waals surface area contributed by atoms with Crippen LogP contribution >= 0.6 is 11.3 Å². The van der Waals surface area contributed by atoms with E-state index in [0.717, 1.165) is 11.6 Å². The van der Waals surface area contributed by atoms with Gasteiger partial charge < -0.3 is 10.2 Å². The number of likely N-dealkylation sites (tertiary alicyclic amines) is 1. The van der Waals surface area contributed by atoms with E-state index in [-0.39, 0.29) is 6.04 Å². The van der Waals surface area contributed by atoms with Gasteiger partial charge in [-0.1, -0.05) is 0 Å². The second kappa shape index (κ2) is 8.01. The smallest absolute Gasteiger partial charge is 0.286 e. The number of piperidine rings is 1. The molecule has 2 heterocycles. The summed E-state index contributed by atoms with van der Waals surface area (Å²) in [5.74, 6) is 0.203. The number of nitrogens with zero attached hydrogens (tertiary/aromatic N) is 2. The van der Waals surface area contributed by atoms with Crippen LogP contribution in [-0.2, 0) is 0 Å². The van der Waals surface area contributed by atoms with Gasteiger partial charge in [0, 0.05) is 6.04 Å². The van der Waals surface area contributed by atoms with Gasteiger partial charge in [-0.15, -0.1) is 11.3 Å². The van der Waals surface area contributed by atoms with Crippen molar-refractivity contribution in [1.29, 1.82) is 0 Å². The lowest BCUT2D eigenvalue weighted by molar-refractivity contribution is 0.0710. The summed E-state index contributed by atoms with van der Waals surface area (Å²) < 4.78 is 0. The van der Waals surface area contributed by atoms with Crippen LogP contribution in [0.3, 0.4) is 0 Å². The molecular formula is C15H26N4O2S. The minimum Gasteiger partial charge on any atom is -0.308 e. The van der Waals surface area contributed by atoms with Crippen molar-refractivity contribution in [2.24, 2.45) is 5.92 Å². The van der Waals surface area contributed by atoms with E-state index in [9.17, 15) is 4.79 Å². The first-order chi connectivity index (χ1) is 10.5. The fraction of sp³-hybridized carbons (Fsp3) is 0.733. The minimum absolute atomic E-state index is 0.119. The first-order valence-electron chi connectivity index (χ1n) is 7.88. The van der Waals surface area contributed by atoms with Crippen LogP contribution in [0.25, 0.3) is 0 Å². The Morgan fingerprint density at radius 2 is 2.14 bits per heavy atom. The highest BCUT2D eigenvalue weighted by Crippen LogP contribution is 2.22. The number of thiazole rings is 1. The molecule has 0 aromatic carbocycles. The predicted molar refractivity (Wildman–Crippen MR) is 87.2 cm³/mol. The van der Waals surface area contributed by atoms with Crippen molar-refractivity contribution in [3.63, 3.8) is 0 Å². The Morgan fingerprint density at radius 3 is 2.73 bits per heavy atom. The summed E-state index contributed by atoms with van der Waals surface area (Å²) in [6.45, 7) is 9.90. The Balaban J connectivity index is 1.77. The summed E-state index contributed by atoms with van der Waals surface area (Å²) in [5, 5.41) is 13.0. The van der Waals surface area contributed by atoms with E-state index >= 15 is 0 Å². The largest absolute Gasteiger partial charge is 0.308 e. The van der Waals surface area contributed by atoms with Gasteiger partial charge in [0.05, 0.1) is 12.2 Å². The summed E-state index contributed by atoms with van der Waals surface area (Å²) in [5.41, 5.74) is 1.64. The van der Waals surface area contributed by atoms with E-state index < -0.39 is 5.91 Å². The van der Waals surface area contributed by atoms with E-state index in [2.05, 4.69) is 36.0 Å². The van der Waals surface area contributed by atoms with Crippen molar-refractivity contribution < 1.29 is 10.0 Å². The molecule has 2 rings (SSSR count). The summed E-state index contributed by atoms with van der Waals surface area (Å²) in [4.78, 5) is 18.5. The van der Waals surface area contributed by atoms with Gasteiger partial charge >= 0.3 is 0 Å². The van der Waals surface area contributed by atoms with Crippen LogP contribution < -0.4 is 10.8 Å². The monoisotopic (exact) mass is 326 g/mol. The molecule has 1 aromatic rings. The van der Waals surface area contributed by atoms with E-state index in [1.165, 1.54) is 43.5 Å². The molecule has 124 valence electrons. The molecule has 1 aliphatic rings. The van der Waals surface area contributed by atoms with Gasteiger partial charge in [-0.05, 0) is 59.2 Å². The molecular weight excluding hydrogens is 300 g/mol. The maximum atomic E-state index is 11.3. The SMILES string of the molecule is CC(C)N1CCC(CN[C@@H](C)c2ncc(C(=O)NO)s2)CC1. The number of nitrogens with one attached hydrogen (secondary N) is 2. The number of hydroxylamine groups is 1. The first-order valence-corrected chi connectivity index (χ1v) is 8.70. The van der Waals surface area contributed by atoms with Gasteiger partial charge in [-0.3, -0.25) is 10.0 Å². The van der Waals surface area contributed by atoms with Crippen molar-refractivity contribution in [2.75, 3.05) is 19.6 Å². The maximum Gasteiger partial charge on any atom is 0.286 e. The third-order valence-corrected chi connectivity index (χ3v) is 5.49. The third-order valence-electron chi connectivity index (χ3n) is 4.31. The van der Waals surface area contributed by atoms with Gasteiger partial charge in [0.1, 0.15) is 9.88 Å². The van der Waals surface area contributed by atoms with Crippen molar-refractivity contribution in [3.05, 3.63) is 16.1 Å². The van der Waals surface area contributed by atoms with Crippen LogP contribution in [0.5, 0.6) is 0 Å². The van der Waals surface area contributed by atoms with Gasteiger partial charge in [-0.25, -0.2) is 10.5 Å². The second-order valence-electron chi connectivity index (χ2n) is 6.21. The lowest BCUT2D eigenvalue weighted by Gasteiger charge is -2.35. The number of carbonyl (C=O) groups is 1. The summed E-state index contributed by atoms with van der Waals surface area (Å²) in [7, 11) is 0. The number of amides is 1. The fourth-order valence-corrected chi connectivity index (χ4v) is 3.59. The molecule has 1 amide bonds. The van der Waals surface area contributed by atoms with Crippen LogP contribution in [0.1, 0.15) is 54.3 Å². The second-order valence-corrected chi connectivity index (χ2v) is 7.27. The van der Waals surface area contributed by atoms with E-state index in [1.807, 2.05) is 0 Å². The molecule has 0 radical (unpaired) electrons. The molecule has 0 aliphatic carbocycles. The quantitative estimate of drug-likeness (QED) is 0.551. The first kappa shape index (κ1) is 17.3. The summed E-state index contributed by atoms with van der Waals surface area (Å²) >= 11 is 1.31. The van der Waals surface area contributed by atoms with E-state index in [4.69, 9.17) is 5.21 Å². The fourth-order valence-electron chi connectivity index (χ4n) is 2.75. The molecule has 1 aromatic heterocycles. The Kier molecular flexibility index (Phi) is 6.31. The topological polar surface area (TPSA) is 77.5 Å². The summed E-state index contributed by atoms with van der Waals surface area (Å²) in [6.07, 6.45) is 3.97. The zero-order valence-electron chi connectivity index (χ0n) is 13.5. The van der Waals surface area contributed by atoms with E-state index in [1.54, 1.807) is 5.48 Å². The Labute approximate surface area is 135 Å². The van der Waals surface area contributed by atoms with Crippen LogP contribution in [0.4, 0.5) is 0 Å². The highest BCUT2D eigenvalue weighted by atomic mass is 32.1. The van der Waals surface area contributed by atoms with Gasteiger partial charge in [0.15, 0.2) is 0 Å². The molecule has 22 heavy (non-hydrogen) atoms. The zero-order chi connectivity index (χ0) is 16.1. The predicted octanol–water partition coefficient (Wildman–Crippen LogP) is 2.03. The maximum absolute atomic E-state index is 11.3. The van der Waals surface area contributed by atoms with Crippen LogP contribution in [0.2, 0.25) is 0 Å². The van der Waals surface area contributed by atoms with Crippen LogP contribution in [0.15, 0.2) is 6.20 Å². The third kappa shape index (κ3) is 4.49. The number of hydrogen-bond donors (Lipinski definition) is 3. The molecule has 0 unspecified atom stereocenters. The average molecular weight is 326 g/mol. The molecule has 1 saturated heterocycles. The molecule has 6 nitrogen and oxygen atoms in total.